The Morgan fingerprint density at radius 1 is 1.10 bits per heavy atom. The highest BCUT2D eigenvalue weighted by Gasteiger charge is 2.45. The molecule has 4 nitrogen and oxygen atoms in total. The number of rotatable bonds is 10. The van der Waals surface area contributed by atoms with Crippen LogP contribution < -0.4 is 4.74 Å². The van der Waals surface area contributed by atoms with Gasteiger partial charge in [0.15, 0.2) is 0 Å². The molecule has 162 valence electrons. The number of amides is 1. The third-order valence-electron chi connectivity index (χ3n) is 6.19. The van der Waals surface area contributed by atoms with Crippen LogP contribution in [0.15, 0.2) is 72.9 Å². The number of nitrogens with zero attached hydrogens (tertiary/aromatic N) is 2. The number of ether oxygens (including phenoxy) is 1. The van der Waals surface area contributed by atoms with Crippen LogP contribution in [0.25, 0.3) is 0 Å². The minimum atomic E-state index is 0.126. The second kappa shape index (κ2) is 9.86. The van der Waals surface area contributed by atoms with E-state index in [-0.39, 0.29) is 5.92 Å². The molecule has 0 aliphatic heterocycles. The summed E-state index contributed by atoms with van der Waals surface area (Å²) in [6, 6.07) is 22.8. The van der Waals surface area contributed by atoms with Crippen molar-refractivity contribution in [2.75, 3.05) is 13.7 Å². The summed E-state index contributed by atoms with van der Waals surface area (Å²) in [6.45, 7) is 4.43. The lowest BCUT2D eigenvalue weighted by Gasteiger charge is -2.24. The summed E-state index contributed by atoms with van der Waals surface area (Å²) in [4.78, 5) is 15.5. The lowest BCUT2D eigenvalue weighted by molar-refractivity contribution is -0.133. The summed E-state index contributed by atoms with van der Waals surface area (Å²) in [7, 11) is 1.69. The monoisotopic (exact) mass is 416 g/mol. The summed E-state index contributed by atoms with van der Waals surface area (Å²) in [5.41, 5.74) is 3.65. The van der Waals surface area contributed by atoms with Crippen molar-refractivity contribution in [2.45, 2.75) is 45.2 Å². The van der Waals surface area contributed by atoms with E-state index in [0.29, 0.717) is 18.4 Å². The van der Waals surface area contributed by atoms with E-state index in [1.165, 1.54) is 16.8 Å². The molecular weight excluding hydrogens is 384 g/mol. The first-order chi connectivity index (χ1) is 15.2. The highest BCUT2D eigenvalue weighted by Crippen LogP contribution is 2.48. The van der Waals surface area contributed by atoms with Gasteiger partial charge in [0.25, 0.3) is 0 Å². The average Bonchev–Trinajstić information content (AvgIpc) is 3.50. The van der Waals surface area contributed by atoms with Gasteiger partial charge in [-0.25, -0.2) is 0 Å². The zero-order valence-electron chi connectivity index (χ0n) is 18.5. The number of benzene rings is 2. The molecule has 3 aromatic rings. The molecule has 0 N–H and O–H groups in total. The Labute approximate surface area is 185 Å². The van der Waals surface area contributed by atoms with Gasteiger partial charge in [-0.15, -0.1) is 0 Å². The number of methoxy groups -OCH3 is 1. The van der Waals surface area contributed by atoms with Crippen molar-refractivity contribution in [1.82, 2.24) is 9.47 Å². The average molecular weight is 417 g/mol. The number of carbonyl (C=O) groups is 1. The van der Waals surface area contributed by atoms with Crippen LogP contribution in [0.5, 0.6) is 5.75 Å². The Morgan fingerprint density at radius 2 is 1.94 bits per heavy atom. The van der Waals surface area contributed by atoms with E-state index in [4.69, 9.17) is 4.74 Å². The van der Waals surface area contributed by atoms with Crippen LogP contribution in [-0.2, 0) is 17.9 Å². The topological polar surface area (TPSA) is 34.5 Å². The van der Waals surface area contributed by atoms with Crippen LogP contribution in [0.1, 0.15) is 48.9 Å². The van der Waals surface area contributed by atoms with E-state index in [9.17, 15) is 4.79 Å². The van der Waals surface area contributed by atoms with Crippen LogP contribution in [-0.4, -0.2) is 29.0 Å². The number of unbranched alkanes of at least 4 members (excludes halogenated alkanes) is 1. The number of hydrogen-bond acceptors (Lipinski definition) is 2. The summed E-state index contributed by atoms with van der Waals surface area (Å²) in [6.07, 6.45) is 5.18. The second-order valence-corrected chi connectivity index (χ2v) is 8.45. The fourth-order valence-electron chi connectivity index (χ4n) is 4.30. The zero-order chi connectivity index (χ0) is 21.6. The minimum Gasteiger partial charge on any atom is -0.497 e. The van der Waals surface area contributed by atoms with Crippen molar-refractivity contribution >= 4 is 5.91 Å². The van der Waals surface area contributed by atoms with Gasteiger partial charge in [0, 0.05) is 30.9 Å². The summed E-state index contributed by atoms with van der Waals surface area (Å²) in [5.74, 6) is 1.67. The fourth-order valence-corrected chi connectivity index (χ4v) is 4.30. The molecule has 0 unspecified atom stereocenters. The van der Waals surface area contributed by atoms with Crippen LogP contribution >= 0.6 is 0 Å². The summed E-state index contributed by atoms with van der Waals surface area (Å²) >= 11 is 0. The van der Waals surface area contributed by atoms with Crippen molar-refractivity contribution in [3.63, 3.8) is 0 Å². The van der Waals surface area contributed by atoms with Crippen LogP contribution in [0.4, 0.5) is 0 Å². The fraction of sp³-hybridized carbons (Fsp3) is 0.370. The van der Waals surface area contributed by atoms with E-state index in [0.717, 1.165) is 38.1 Å². The second-order valence-electron chi connectivity index (χ2n) is 8.45. The van der Waals surface area contributed by atoms with Crippen molar-refractivity contribution in [1.29, 1.82) is 0 Å². The first-order valence-corrected chi connectivity index (χ1v) is 11.3. The Morgan fingerprint density at radius 3 is 2.71 bits per heavy atom. The molecule has 4 heteroatoms. The third kappa shape index (κ3) is 5.19. The molecule has 0 radical (unpaired) electrons. The maximum absolute atomic E-state index is 13.4. The number of hydrogen-bond donors (Lipinski definition) is 0. The largest absolute Gasteiger partial charge is 0.497 e. The quantitative estimate of drug-likeness (QED) is 0.439. The minimum absolute atomic E-state index is 0.126. The van der Waals surface area contributed by atoms with E-state index >= 15 is 0 Å². The predicted octanol–water partition coefficient (Wildman–Crippen LogP) is 5.48. The standard InChI is InChI=1S/C27H32N2O2/c1-3-4-15-29(27(30)26-18-25(26)22-11-6-5-7-12-22)20-23-13-9-16-28(23)19-21-10-8-14-24(17-21)31-2/h5-14,16-17,25-26H,3-4,15,18-20H2,1-2H3/t25-,26+/m0/s1. The smallest absolute Gasteiger partial charge is 0.226 e. The van der Waals surface area contributed by atoms with E-state index < -0.39 is 0 Å². The number of carbonyl (C=O) groups excluding carboxylic acids is 1. The van der Waals surface area contributed by atoms with Gasteiger partial charge in [-0.1, -0.05) is 55.8 Å². The molecule has 1 fully saturated rings. The van der Waals surface area contributed by atoms with Gasteiger partial charge >= 0.3 is 0 Å². The van der Waals surface area contributed by atoms with Gasteiger partial charge in [-0.2, -0.15) is 0 Å². The molecule has 1 saturated carbocycles. The Kier molecular flexibility index (Phi) is 6.76. The molecule has 31 heavy (non-hydrogen) atoms. The summed E-state index contributed by atoms with van der Waals surface area (Å²) < 4.78 is 7.60. The molecule has 1 aliphatic carbocycles. The first-order valence-electron chi connectivity index (χ1n) is 11.3. The van der Waals surface area contributed by atoms with Crippen molar-refractivity contribution in [2.24, 2.45) is 5.92 Å². The maximum Gasteiger partial charge on any atom is 0.226 e. The zero-order valence-corrected chi connectivity index (χ0v) is 18.5. The molecule has 1 heterocycles. The highest BCUT2D eigenvalue weighted by atomic mass is 16.5. The molecule has 2 aromatic carbocycles. The van der Waals surface area contributed by atoms with Gasteiger partial charge in [-0.3, -0.25) is 4.79 Å². The van der Waals surface area contributed by atoms with Crippen molar-refractivity contribution in [3.05, 3.63) is 89.7 Å². The van der Waals surface area contributed by atoms with Crippen LogP contribution in [0, 0.1) is 5.92 Å². The van der Waals surface area contributed by atoms with Gasteiger partial charge in [0.2, 0.25) is 5.91 Å². The van der Waals surface area contributed by atoms with Crippen molar-refractivity contribution in [3.8, 4) is 5.75 Å². The van der Waals surface area contributed by atoms with Crippen molar-refractivity contribution < 1.29 is 9.53 Å². The molecule has 0 bridgehead atoms. The van der Waals surface area contributed by atoms with E-state index in [1.807, 2.05) is 18.2 Å². The molecule has 1 aliphatic rings. The van der Waals surface area contributed by atoms with E-state index in [1.54, 1.807) is 7.11 Å². The first kappa shape index (κ1) is 21.2. The van der Waals surface area contributed by atoms with Crippen LogP contribution in [0.3, 0.4) is 0 Å². The molecule has 2 atom stereocenters. The molecule has 1 aromatic heterocycles. The normalized spacial score (nSPS) is 17.4. The molecule has 0 saturated heterocycles. The van der Waals surface area contributed by atoms with Gasteiger partial charge < -0.3 is 14.2 Å². The maximum atomic E-state index is 13.4. The number of aromatic nitrogens is 1. The molecular formula is C27H32N2O2. The molecule has 4 rings (SSSR count). The summed E-state index contributed by atoms with van der Waals surface area (Å²) in [5, 5.41) is 0. The Balaban J connectivity index is 1.46. The van der Waals surface area contributed by atoms with Gasteiger partial charge in [-0.05, 0) is 54.2 Å². The lowest BCUT2D eigenvalue weighted by Crippen LogP contribution is -2.33. The van der Waals surface area contributed by atoms with Crippen LogP contribution in [0.2, 0.25) is 0 Å². The SMILES string of the molecule is CCCCN(Cc1cccn1Cc1cccc(OC)c1)C(=O)[C@@H]1C[C@H]1c1ccccc1. The lowest BCUT2D eigenvalue weighted by atomic mass is 10.1. The molecule has 0 spiro atoms. The third-order valence-corrected chi connectivity index (χ3v) is 6.19. The van der Waals surface area contributed by atoms with Gasteiger partial charge in [0.05, 0.1) is 13.7 Å². The van der Waals surface area contributed by atoms with E-state index in [2.05, 4.69) is 71.1 Å². The highest BCUT2D eigenvalue weighted by molar-refractivity contribution is 5.83. The Bertz CT molecular complexity index is 995. The van der Waals surface area contributed by atoms with Gasteiger partial charge in [0.1, 0.15) is 5.75 Å². The Hall–Kier alpha value is -3.01. The molecule has 1 amide bonds. The predicted molar refractivity (Wildman–Crippen MR) is 124 cm³/mol.